The molecule has 3 nitrogen and oxygen atoms in total. The van der Waals surface area contributed by atoms with Gasteiger partial charge in [-0.05, 0) is 67.5 Å². The van der Waals surface area contributed by atoms with Gasteiger partial charge in [0.25, 0.3) is 0 Å². The normalized spacial score (nSPS) is 28.1. The summed E-state index contributed by atoms with van der Waals surface area (Å²) < 4.78 is 0. The lowest BCUT2D eigenvalue weighted by Gasteiger charge is -2.36. The van der Waals surface area contributed by atoms with E-state index in [1.807, 2.05) is 12.4 Å². The largest absolute Gasteiger partial charge is 0.360 e. The van der Waals surface area contributed by atoms with Gasteiger partial charge in [0.2, 0.25) is 0 Å². The van der Waals surface area contributed by atoms with Gasteiger partial charge >= 0.3 is 0 Å². The average molecular weight is 438 g/mol. The molecule has 4 rings (SSSR count). The number of H-pyrrole nitrogens is 1. The van der Waals surface area contributed by atoms with Crippen LogP contribution >= 0.6 is 0 Å². The summed E-state index contributed by atoms with van der Waals surface area (Å²) >= 11 is 0. The first-order valence-electron chi connectivity index (χ1n) is 13.7. The molecule has 2 saturated carbocycles. The van der Waals surface area contributed by atoms with Crippen molar-refractivity contribution in [2.45, 2.75) is 116 Å². The summed E-state index contributed by atoms with van der Waals surface area (Å²) in [5, 5.41) is 5.36. The second kappa shape index (κ2) is 11.7. The molecule has 2 fully saturated rings. The molecule has 178 valence electrons. The molecule has 2 aromatic heterocycles. The van der Waals surface area contributed by atoms with Gasteiger partial charge in [0, 0.05) is 23.8 Å². The van der Waals surface area contributed by atoms with Gasteiger partial charge in [-0.15, -0.1) is 0 Å². The minimum absolute atomic E-state index is 0.528. The van der Waals surface area contributed by atoms with Crippen LogP contribution in [0.15, 0.2) is 24.7 Å². The topological polar surface area (TPSA) is 40.7 Å². The van der Waals surface area contributed by atoms with E-state index in [-0.39, 0.29) is 0 Å². The van der Waals surface area contributed by atoms with Crippen LogP contribution in [0.2, 0.25) is 0 Å². The Morgan fingerprint density at radius 3 is 2.56 bits per heavy atom. The minimum Gasteiger partial charge on any atom is -0.360 e. The number of nitrogens with one attached hydrogen (secondary N) is 2. The number of nitrogens with zero attached hydrogens (tertiary/aromatic N) is 1. The molecule has 3 heteroatoms. The average Bonchev–Trinajstić information content (AvgIpc) is 3.25. The first kappa shape index (κ1) is 23.8. The quantitative estimate of drug-likeness (QED) is 0.501. The van der Waals surface area contributed by atoms with E-state index < -0.39 is 0 Å². The standard InChI is InChI=1S/C29H47N3/c1-29(2)16-10-6-5-8-12-24(20-29)23-11-7-3-4-9-13-26(19-23)31-18-14-25-21-32-28-22-30-17-15-27(25)28/h15,17,21-24,26,31-32H,3-14,16,18-20H2,1-2H3. The van der Waals surface area contributed by atoms with Crippen LogP contribution in [-0.4, -0.2) is 22.6 Å². The Morgan fingerprint density at radius 2 is 1.72 bits per heavy atom. The molecule has 3 atom stereocenters. The molecule has 32 heavy (non-hydrogen) atoms. The number of aromatic amines is 1. The van der Waals surface area contributed by atoms with Crippen LogP contribution in [0.1, 0.15) is 109 Å². The molecule has 2 aliphatic rings. The summed E-state index contributed by atoms with van der Waals surface area (Å²) in [7, 11) is 0. The number of hydrogen-bond acceptors (Lipinski definition) is 2. The smallest absolute Gasteiger partial charge is 0.0643 e. The van der Waals surface area contributed by atoms with Gasteiger partial charge < -0.3 is 10.3 Å². The Kier molecular flexibility index (Phi) is 8.68. The number of aromatic nitrogens is 2. The summed E-state index contributed by atoms with van der Waals surface area (Å²) in [6, 6.07) is 2.84. The second-order valence-corrected chi connectivity index (χ2v) is 11.7. The fraction of sp³-hybridized carbons (Fsp3) is 0.759. The van der Waals surface area contributed by atoms with E-state index in [1.54, 1.807) is 0 Å². The molecule has 0 saturated heterocycles. The van der Waals surface area contributed by atoms with Crippen LogP contribution in [0.3, 0.4) is 0 Å². The molecule has 2 heterocycles. The van der Waals surface area contributed by atoms with Crippen molar-refractivity contribution in [3.63, 3.8) is 0 Å². The summed E-state index contributed by atoms with van der Waals surface area (Å²) in [4.78, 5) is 7.63. The summed E-state index contributed by atoms with van der Waals surface area (Å²) in [6.07, 6.45) is 27.3. The van der Waals surface area contributed by atoms with Crippen LogP contribution < -0.4 is 5.32 Å². The monoisotopic (exact) mass is 437 g/mol. The molecule has 0 spiro atoms. The van der Waals surface area contributed by atoms with Gasteiger partial charge in [0.05, 0.1) is 11.7 Å². The van der Waals surface area contributed by atoms with Gasteiger partial charge in [0.15, 0.2) is 0 Å². The van der Waals surface area contributed by atoms with E-state index in [1.165, 1.54) is 101 Å². The fourth-order valence-corrected chi connectivity index (χ4v) is 6.70. The van der Waals surface area contributed by atoms with Gasteiger partial charge in [-0.2, -0.15) is 0 Å². The van der Waals surface area contributed by atoms with E-state index in [4.69, 9.17) is 0 Å². The predicted octanol–water partition coefficient (Wildman–Crippen LogP) is 7.81. The van der Waals surface area contributed by atoms with E-state index in [9.17, 15) is 0 Å². The first-order valence-corrected chi connectivity index (χ1v) is 13.7. The highest BCUT2D eigenvalue weighted by Gasteiger charge is 2.31. The molecule has 0 aliphatic heterocycles. The number of rotatable bonds is 5. The third-order valence-electron chi connectivity index (χ3n) is 8.52. The third kappa shape index (κ3) is 6.83. The summed E-state index contributed by atoms with van der Waals surface area (Å²) in [6.45, 7) is 6.18. The molecule has 2 aromatic rings. The first-order chi connectivity index (χ1) is 15.6. The Bertz CT molecular complexity index is 808. The van der Waals surface area contributed by atoms with Gasteiger partial charge in [-0.1, -0.05) is 78.1 Å². The van der Waals surface area contributed by atoms with Gasteiger partial charge in [0.1, 0.15) is 0 Å². The molecule has 0 amide bonds. The third-order valence-corrected chi connectivity index (χ3v) is 8.52. The van der Waals surface area contributed by atoms with Crippen molar-refractivity contribution >= 4 is 10.9 Å². The predicted molar refractivity (Wildman–Crippen MR) is 137 cm³/mol. The highest BCUT2D eigenvalue weighted by Crippen LogP contribution is 2.41. The Balaban J connectivity index is 1.38. The molecule has 2 N–H and O–H groups in total. The lowest BCUT2D eigenvalue weighted by atomic mass is 9.71. The Morgan fingerprint density at radius 1 is 0.969 bits per heavy atom. The Labute approximate surface area is 196 Å². The summed E-state index contributed by atoms with van der Waals surface area (Å²) in [5.41, 5.74) is 3.11. The van der Waals surface area contributed by atoms with Crippen molar-refractivity contribution < 1.29 is 0 Å². The maximum Gasteiger partial charge on any atom is 0.0643 e. The van der Waals surface area contributed by atoms with Crippen LogP contribution in [0.25, 0.3) is 10.9 Å². The zero-order valence-electron chi connectivity index (χ0n) is 20.8. The highest BCUT2D eigenvalue weighted by molar-refractivity contribution is 5.82. The van der Waals surface area contributed by atoms with Crippen molar-refractivity contribution in [2.24, 2.45) is 17.3 Å². The van der Waals surface area contributed by atoms with E-state index in [0.29, 0.717) is 11.5 Å². The zero-order chi connectivity index (χ0) is 22.2. The molecule has 0 aromatic carbocycles. The van der Waals surface area contributed by atoms with Crippen LogP contribution in [0.4, 0.5) is 0 Å². The van der Waals surface area contributed by atoms with E-state index in [0.717, 1.165) is 30.3 Å². The lowest BCUT2D eigenvalue weighted by Crippen LogP contribution is -2.35. The van der Waals surface area contributed by atoms with E-state index in [2.05, 4.69) is 41.4 Å². The SMILES string of the molecule is CC1(C)CCCCCCC(C2CCCCCCC(NCCc3c[nH]c4cnccc34)C2)C1. The second-order valence-electron chi connectivity index (χ2n) is 11.7. The zero-order valence-corrected chi connectivity index (χ0v) is 20.8. The van der Waals surface area contributed by atoms with Crippen LogP contribution in [0, 0.1) is 17.3 Å². The number of pyridine rings is 1. The van der Waals surface area contributed by atoms with Crippen molar-refractivity contribution in [1.82, 2.24) is 15.3 Å². The molecule has 2 aliphatic carbocycles. The molecule has 3 unspecified atom stereocenters. The van der Waals surface area contributed by atoms with Crippen LogP contribution in [0.5, 0.6) is 0 Å². The van der Waals surface area contributed by atoms with Crippen molar-refractivity contribution in [3.05, 3.63) is 30.2 Å². The van der Waals surface area contributed by atoms with Gasteiger partial charge in [-0.25, -0.2) is 0 Å². The van der Waals surface area contributed by atoms with Crippen molar-refractivity contribution in [3.8, 4) is 0 Å². The molecular weight excluding hydrogens is 390 g/mol. The molecule has 0 bridgehead atoms. The molecule has 0 radical (unpaired) electrons. The fourth-order valence-electron chi connectivity index (χ4n) is 6.70. The highest BCUT2D eigenvalue weighted by atomic mass is 14.9. The van der Waals surface area contributed by atoms with Crippen molar-refractivity contribution in [2.75, 3.05) is 6.54 Å². The number of fused-ring (bicyclic) bond motifs is 1. The summed E-state index contributed by atoms with van der Waals surface area (Å²) in [5.74, 6) is 1.86. The maximum atomic E-state index is 4.24. The minimum atomic E-state index is 0.528. The number of hydrogen-bond donors (Lipinski definition) is 2. The molecular formula is C29H47N3. The lowest BCUT2D eigenvalue weighted by molar-refractivity contribution is 0.162. The van der Waals surface area contributed by atoms with Crippen LogP contribution in [-0.2, 0) is 6.42 Å². The van der Waals surface area contributed by atoms with E-state index >= 15 is 0 Å². The Hall–Kier alpha value is -1.35. The van der Waals surface area contributed by atoms with Crippen molar-refractivity contribution in [1.29, 1.82) is 0 Å². The maximum absolute atomic E-state index is 4.24. The van der Waals surface area contributed by atoms with Gasteiger partial charge in [-0.3, -0.25) is 4.98 Å².